The summed E-state index contributed by atoms with van der Waals surface area (Å²) in [5.74, 6) is 1.55. The summed E-state index contributed by atoms with van der Waals surface area (Å²) >= 11 is 0. The largest absolute Gasteiger partial charge is 0.370 e. The van der Waals surface area contributed by atoms with Crippen molar-refractivity contribution in [1.82, 2.24) is 5.32 Å². The van der Waals surface area contributed by atoms with E-state index in [0.717, 1.165) is 24.9 Å². The quantitative estimate of drug-likeness (QED) is 0.832. The number of nitrogens with zero attached hydrogens (tertiary/aromatic N) is 1. The minimum absolute atomic E-state index is 0.608. The van der Waals surface area contributed by atoms with Crippen LogP contribution in [-0.2, 0) is 6.54 Å². The summed E-state index contributed by atoms with van der Waals surface area (Å²) < 4.78 is 0. The van der Waals surface area contributed by atoms with Crippen molar-refractivity contribution in [2.24, 2.45) is 11.8 Å². The number of anilines is 1. The van der Waals surface area contributed by atoms with Gasteiger partial charge in [-0.2, -0.15) is 0 Å². The van der Waals surface area contributed by atoms with Crippen LogP contribution in [0.3, 0.4) is 0 Å². The van der Waals surface area contributed by atoms with Crippen molar-refractivity contribution < 1.29 is 0 Å². The molecule has 1 heterocycles. The summed E-state index contributed by atoms with van der Waals surface area (Å²) in [6.07, 6.45) is 3.87. The van der Waals surface area contributed by atoms with Crippen molar-refractivity contribution in [3.05, 3.63) is 29.8 Å². The van der Waals surface area contributed by atoms with E-state index in [1.54, 1.807) is 0 Å². The molecule has 0 saturated heterocycles. The van der Waals surface area contributed by atoms with Gasteiger partial charge in [0.2, 0.25) is 0 Å². The number of para-hydroxylation sites is 1. The van der Waals surface area contributed by atoms with Crippen LogP contribution in [0.5, 0.6) is 0 Å². The summed E-state index contributed by atoms with van der Waals surface area (Å²) in [5, 5.41) is 3.76. The third-order valence-electron chi connectivity index (χ3n) is 4.32. The van der Waals surface area contributed by atoms with Gasteiger partial charge in [-0.05, 0) is 42.7 Å². The van der Waals surface area contributed by atoms with E-state index in [0.29, 0.717) is 6.04 Å². The van der Waals surface area contributed by atoms with Gasteiger partial charge in [0.25, 0.3) is 0 Å². The standard InChI is InChI=1S/C19H32N2/c1-15(2)8-7-11-21-14-18(12-16(3)4)20-13-17-9-5-6-10-19(17)21/h5-6,9-10,15-16,18,20H,7-8,11-14H2,1-4H3. The number of hydrogen-bond donors (Lipinski definition) is 1. The Hall–Kier alpha value is -1.02. The third kappa shape index (κ3) is 5.03. The molecule has 1 aliphatic heterocycles. The molecule has 0 fully saturated rings. The van der Waals surface area contributed by atoms with Gasteiger partial charge in [0.05, 0.1) is 0 Å². The molecule has 1 aromatic carbocycles. The number of hydrogen-bond acceptors (Lipinski definition) is 2. The fourth-order valence-electron chi connectivity index (χ4n) is 3.28. The average molecular weight is 288 g/mol. The van der Waals surface area contributed by atoms with Gasteiger partial charge in [0, 0.05) is 31.4 Å². The Morgan fingerprint density at radius 2 is 1.90 bits per heavy atom. The molecule has 1 N–H and O–H groups in total. The molecule has 0 saturated carbocycles. The van der Waals surface area contributed by atoms with E-state index in [-0.39, 0.29) is 0 Å². The predicted octanol–water partition coefficient (Wildman–Crippen LogP) is 4.45. The van der Waals surface area contributed by atoms with Crippen LogP contribution in [0.2, 0.25) is 0 Å². The maximum Gasteiger partial charge on any atom is 0.0412 e. The van der Waals surface area contributed by atoms with Gasteiger partial charge in [-0.15, -0.1) is 0 Å². The number of fused-ring (bicyclic) bond motifs is 1. The molecule has 1 aliphatic rings. The van der Waals surface area contributed by atoms with Crippen LogP contribution in [0.1, 0.15) is 52.5 Å². The Morgan fingerprint density at radius 1 is 1.14 bits per heavy atom. The van der Waals surface area contributed by atoms with E-state index in [2.05, 4.69) is 62.2 Å². The summed E-state index contributed by atoms with van der Waals surface area (Å²) in [6, 6.07) is 9.52. The Balaban J connectivity index is 2.07. The molecule has 1 aromatic rings. The summed E-state index contributed by atoms with van der Waals surface area (Å²) in [7, 11) is 0. The van der Waals surface area contributed by atoms with Crippen molar-refractivity contribution in [2.75, 3.05) is 18.0 Å². The van der Waals surface area contributed by atoms with Gasteiger partial charge in [-0.1, -0.05) is 45.9 Å². The second-order valence-corrected chi connectivity index (χ2v) is 7.32. The Labute approximate surface area is 130 Å². The van der Waals surface area contributed by atoms with E-state index in [1.165, 1.54) is 37.1 Å². The Kier molecular flexibility index (Phi) is 6.10. The van der Waals surface area contributed by atoms with Crippen LogP contribution in [0.15, 0.2) is 24.3 Å². The molecule has 0 bridgehead atoms. The first-order valence-electron chi connectivity index (χ1n) is 8.62. The normalized spacial score (nSPS) is 19.0. The lowest BCUT2D eigenvalue weighted by molar-refractivity contribution is 0.419. The highest BCUT2D eigenvalue weighted by molar-refractivity contribution is 5.54. The third-order valence-corrected chi connectivity index (χ3v) is 4.32. The van der Waals surface area contributed by atoms with Gasteiger partial charge in [0.1, 0.15) is 0 Å². The first-order valence-corrected chi connectivity index (χ1v) is 8.62. The molecule has 0 aromatic heterocycles. The topological polar surface area (TPSA) is 15.3 Å². The molecule has 1 unspecified atom stereocenters. The monoisotopic (exact) mass is 288 g/mol. The van der Waals surface area contributed by atoms with Crippen molar-refractivity contribution in [1.29, 1.82) is 0 Å². The lowest BCUT2D eigenvalue weighted by atomic mass is 10.0. The Bertz CT molecular complexity index is 425. The fraction of sp³-hybridized carbons (Fsp3) is 0.684. The van der Waals surface area contributed by atoms with Gasteiger partial charge in [-0.25, -0.2) is 0 Å². The summed E-state index contributed by atoms with van der Waals surface area (Å²) in [4.78, 5) is 2.62. The highest BCUT2D eigenvalue weighted by atomic mass is 15.2. The van der Waals surface area contributed by atoms with Crippen LogP contribution >= 0.6 is 0 Å². The highest BCUT2D eigenvalue weighted by Gasteiger charge is 2.21. The van der Waals surface area contributed by atoms with E-state index in [1.807, 2.05) is 0 Å². The Morgan fingerprint density at radius 3 is 2.62 bits per heavy atom. The van der Waals surface area contributed by atoms with E-state index >= 15 is 0 Å². The number of rotatable bonds is 6. The van der Waals surface area contributed by atoms with Crippen LogP contribution < -0.4 is 10.2 Å². The van der Waals surface area contributed by atoms with Crippen molar-refractivity contribution in [3.8, 4) is 0 Å². The second-order valence-electron chi connectivity index (χ2n) is 7.32. The zero-order valence-electron chi connectivity index (χ0n) is 14.2. The molecule has 0 amide bonds. The van der Waals surface area contributed by atoms with Crippen LogP contribution in [0.4, 0.5) is 5.69 Å². The van der Waals surface area contributed by atoms with E-state index in [4.69, 9.17) is 0 Å². The van der Waals surface area contributed by atoms with Crippen LogP contribution in [0, 0.1) is 11.8 Å². The maximum atomic E-state index is 3.76. The number of benzene rings is 1. The second kappa shape index (κ2) is 7.84. The van der Waals surface area contributed by atoms with Gasteiger partial charge in [-0.3, -0.25) is 0 Å². The molecule has 2 nitrogen and oxygen atoms in total. The summed E-state index contributed by atoms with van der Waals surface area (Å²) in [5.41, 5.74) is 2.90. The molecule has 118 valence electrons. The number of nitrogens with one attached hydrogen (secondary N) is 1. The minimum Gasteiger partial charge on any atom is -0.370 e. The molecule has 0 spiro atoms. The molecule has 0 aliphatic carbocycles. The summed E-state index contributed by atoms with van der Waals surface area (Å²) in [6.45, 7) is 12.6. The highest BCUT2D eigenvalue weighted by Crippen LogP contribution is 2.25. The lowest BCUT2D eigenvalue weighted by Gasteiger charge is -2.28. The lowest BCUT2D eigenvalue weighted by Crippen LogP contribution is -2.39. The molecule has 21 heavy (non-hydrogen) atoms. The van der Waals surface area contributed by atoms with Crippen molar-refractivity contribution in [2.45, 2.75) is 59.5 Å². The SMILES string of the molecule is CC(C)CCCN1CC(CC(C)C)NCc2ccccc21. The first kappa shape index (κ1) is 16.4. The zero-order valence-corrected chi connectivity index (χ0v) is 14.2. The van der Waals surface area contributed by atoms with Crippen LogP contribution in [-0.4, -0.2) is 19.1 Å². The van der Waals surface area contributed by atoms with E-state index < -0.39 is 0 Å². The molecule has 0 radical (unpaired) electrons. The maximum absolute atomic E-state index is 3.76. The van der Waals surface area contributed by atoms with Gasteiger partial charge >= 0.3 is 0 Å². The van der Waals surface area contributed by atoms with Crippen molar-refractivity contribution >= 4 is 5.69 Å². The van der Waals surface area contributed by atoms with Gasteiger partial charge in [0.15, 0.2) is 0 Å². The predicted molar refractivity (Wildman–Crippen MR) is 92.8 cm³/mol. The molecule has 1 atom stereocenters. The van der Waals surface area contributed by atoms with Crippen molar-refractivity contribution in [3.63, 3.8) is 0 Å². The zero-order chi connectivity index (χ0) is 15.2. The molecule has 2 heteroatoms. The smallest absolute Gasteiger partial charge is 0.0412 e. The average Bonchev–Trinajstić information content (AvgIpc) is 2.58. The van der Waals surface area contributed by atoms with E-state index in [9.17, 15) is 0 Å². The van der Waals surface area contributed by atoms with Crippen LogP contribution in [0.25, 0.3) is 0 Å². The molecule has 2 rings (SSSR count). The van der Waals surface area contributed by atoms with Gasteiger partial charge < -0.3 is 10.2 Å². The molecular weight excluding hydrogens is 256 g/mol. The minimum atomic E-state index is 0.608. The first-order chi connectivity index (χ1) is 10.1. The fourth-order valence-corrected chi connectivity index (χ4v) is 3.28. The molecular formula is C19H32N2.